The molecule has 96 valence electrons. The second-order valence-electron chi connectivity index (χ2n) is 5.87. The highest BCUT2D eigenvalue weighted by atomic mass is 16.3. The van der Waals surface area contributed by atoms with Crippen LogP contribution in [0.1, 0.15) is 45.5 Å². The molecule has 2 unspecified atom stereocenters. The summed E-state index contributed by atoms with van der Waals surface area (Å²) >= 11 is 0. The van der Waals surface area contributed by atoms with Crippen LogP contribution in [0.5, 0.6) is 0 Å². The van der Waals surface area contributed by atoms with Crippen LogP contribution >= 0.6 is 0 Å². The van der Waals surface area contributed by atoms with Gasteiger partial charge in [-0.3, -0.25) is 4.68 Å². The van der Waals surface area contributed by atoms with Gasteiger partial charge in [0.25, 0.3) is 0 Å². The maximum absolute atomic E-state index is 10.2. The van der Waals surface area contributed by atoms with E-state index < -0.39 is 0 Å². The molecule has 3 nitrogen and oxygen atoms in total. The molecular formula is C14H24N2O. The van der Waals surface area contributed by atoms with Gasteiger partial charge in [-0.15, -0.1) is 0 Å². The van der Waals surface area contributed by atoms with E-state index in [0.29, 0.717) is 11.3 Å². The molecule has 1 aromatic heterocycles. The first-order valence-electron chi connectivity index (χ1n) is 6.71. The number of rotatable bonds is 5. The summed E-state index contributed by atoms with van der Waals surface area (Å²) in [5.41, 5.74) is 2.65. The summed E-state index contributed by atoms with van der Waals surface area (Å²) in [6.45, 7) is 9.57. The predicted octanol–water partition coefficient (Wildman–Crippen LogP) is 2.41. The third-order valence-corrected chi connectivity index (χ3v) is 4.05. The highest BCUT2D eigenvalue weighted by Gasteiger charge is 2.49. The van der Waals surface area contributed by atoms with Gasteiger partial charge in [0.2, 0.25) is 0 Å². The van der Waals surface area contributed by atoms with E-state index in [-0.39, 0.29) is 6.10 Å². The van der Waals surface area contributed by atoms with Gasteiger partial charge in [0.15, 0.2) is 0 Å². The zero-order valence-corrected chi connectivity index (χ0v) is 11.4. The van der Waals surface area contributed by atoms with Crippen LogP contribution in [0.15, 0.2) is 6.07 Å². The minimum atomic E-state index is -0.211. The van der Waals surface area contributed by atoms with E-state index in [1.54, 1.807) is 0 Å². The number of hydrogen-bond acceptors (Lipinski definition) is 2. The van der Waals surface area contributed by atoms with Gasteiger partial charge in [-0.25, -0.2) is 0 Å². The van der Waals surface area contributed by atoms with Crippen molar-refractivity contribution >= 4 is 0 Å². The fourth-order valence-corrected chi connectivity index (χ4v) is 2.65. The van der Waals surface area contributed by atoms with Gasteiger partial charge in [-0.1, -0.05) is 20.8 Å². The van der Waals surface area contributed by atoms with E-state index in [2.05, 4.69) is 38.9 Å². The second kappa shape index (κ2) is 4.45. The van der Waals surface area contributed by atoms with E-state index >= 15 is 0 Å². The molecule has 0 radical (unpaired) electrons. The van der Waals surface area contributed by atoms with Crippen molar-refractivity contribution in [1.82, 2.24) is 9.78 Å². The van der Waals surface area contributed by atoms with Crippen LogP contribution in [0, 0.1) is 11.3 Å². The molecule has 0 aromatic carbocycles. The molecule has 0 aliphatic heterocycles. The molecule has 0 bridgehead atoms. The van der Waals surface area contributed by atoms with Gasteiger partial charge in [0, 0.05) is 18.7 Å². The molecule has 2 atom stereocenters. The van der Waals surface area contributed by atoms with Crippen LogP contribution in [0.3, 0.4) is 0 Å². The van der Waals surface area contributed by atoms with Crippen LogP contribution in [0.25, 0.3) is 0 Å². The second-order valence-corrected chi connectivity index (χ2v) is 5.87. The maximum Gasteiger partial charge on any atom is 0.0628 e. The van der Waals surface area contributed by atoms with Crippen LogP contribution in [0.4, 0.5) is 0 Å². The average molecular weight is 236 g/mol. The molecular weight excluding hydrogens is 212 g/mol. The summed E-state index contributed by atoms with van der Waals surface area (Å²) in [4.78, 5) is 0. The Hall–Kier alpha value is -0.830. The minimum Gasteiger partial charge on any atom is -0.392 e. The van der Waals surface area contributed by atoms with E-state index in [0.717, 1.165) is 31.5 Å². The molecule has 1 N–H and O–H groups in total. The van der Waals surface area contributed by atoms with Crippen molar-refractivity contribution < 1.29 is 5.11 Å². The largest absolute Gasteiger partial charge is 0.392 e. The molecule has 0 amide bonds. The number of hydrogen-bond donors (Lipinski definition) is 1. The molecule has 1 saturated carbocycles. The van der Waals surface area contributed by atoms with Crippen LogP contribution in [-0.4, -0.2) is 21.0 Å². The highest BCUT2D eigenvalue weighted by Crippen LogP contribution is 2.53. The Kier molecular flexibility index (Phi) is 3.30. The Morgan fingerprint density at radius 3 is 2.65 bits per heavy atom. The van der Waals surface area contributed by atoms with Crippen molar-refractivity contribution in [2.45, 2.75) is 59.6 Å². The van der Waals surface area contributed by atoms with E-state index in [4.69, 9.17) is 0 Å². The number of aliphatic hydroxyl groups excluding tert-OH is 1. The van der Waals surface area contributed by atoms with Crippen molar-refractivity contribution in [2.75, 3.05) is 0 Å². The van der Waals surface area contributed by atoms with Crippen molar-refractivity contribution in [3.05, 3.63) is 17.5 Å². The highest BCUT2D eigenvalue weighted by molar-refractivity contribution is 5.13. The smallest absolute Gasteiger partial charge is 0.0628 e. The Labute approximate surface area is 104 Å². The van der Waals surface area contributed by atoms with Gasteiger partial charge in [0.05, 0.1) is 11.8 Å². The van der Waals surface area contributed by atoms with E-state index in [1.165, 1.54) is 5.69 Å². The molecule has 17 heavy (non-hydrogen) atoms. The topological polar surface area (TPSA) is 38.0 Å². The maximum atomic E-state index is 10.2. The normalized spacial score (nSPS) is 23.7. The Morgan fingerprint density at radius 1 is 1.53 bits per heavy atom. The van der Waals surface area contributed by atoms with Crippen LogP contribution < -0.4 is 0 Å². The Balaban J connectivity index is 2.05. The van der Waals surface area contributed by atoms with Crippen molar-refractivity contribution in [3.63, 3.8) is 0 Å². The molecule has 1 aliphatic rings. The third kappa shape index (κ3) is 2.54. The summed E-state index contributed by atoms with van der Waals surface area (Å²) in [5, 5.41) is 14.8. The monoisotopic (exact) mass is 236 g/mol. The Bertz CT molecular complexity index is 395. The van der Waals surface area contributed by atoms with Gasteiger partial charge >= 0.3 is 0 Å². The fraction of sp³-hybridized carbons (Fsp3) is 0.786. The van der Waals surface area contributed by atoms with E-state index in [1.807, 2.05) is 4.68 Å². The zero-order chi connectivity index (χ0) is 12.6. The lowest BCUT2D eigenvalue weighted by atomic mass is 10.0. The van der Waals surface area contributed by atoms with Gasteiger partial charge in [0.1, 0.15) is 0 Å². The molecule has 2 rings (SSSR count). The van der Waals surface area contributed by atoms with Crippen molar-refractivity contribution in [3.8, 4) is 0 Å². The molecule has 1 aromatic rings. The number of nitrogens with zero attached hydrogens (tertiary/aromatic N) is 2. The lowest BCUT2D eigenvalue weighted by molar-refractivity contribution is 0.134. The fourth-order valence-electron chi connectivity index (χ4n) is 2.65. The van der Waals surface area contributed by atoms with E-state index in [9.17, 15) is 5.11 Å². The minimum absolute atomic E-state index is 0.211. The lowest BCUT2D eigenvalue weighted by Crippen LogP contribution is -2.18. The van der Waals surface area contributed by atoms with Gasteiger partial charge < -0.3 is 5.11 Å². The first-order chi connectivity index (χ1) is 7.97. The zero-order valence-electron chi connectivity index (χ0n) is 11.4. The number of aliphatic hydroxyl groups is 1. The summed E-state index contributed by atoms with van der Waals surface area (Å²) in [6, 6.07) is 2.14. The summed E-state index contributed by atoms with van der Waals surface area (Å²) in [6.07, 6.45) is 2.64. The van der Waals surface area contributed by atoms with Crippen LogP contribution in [-0.2, 0) is 19.4 Å². The summed E-state index contributed by atoms with van der Waals surface area (Å²) in [5.74, 6) is 0.466. The van der Waals surface area contributed by atoms with Gasteiger partial charge in [-0.05, 0) is 37.2 Å². The van der Waals surface area contributed by atoms with Crippen molar-refractivity contribution in [2.24, 2.45) is 11.3 Å². The third-order valence-electron chi connectivity index (χ3n) is 4.05. The summed E-state index contributed by atoms with van der Waals surface area (Å²) in [7, 11) is 0. The quantitative estimate of drug-likeness (QED) is 0.852. The lowest BCUT2D eigenvalue weighted by Gasteiger charge is -2.13. The number of aromatic nitrogens is 2. The van der Waals surface area contributed by atoms with Crippen molar-refractivity contribution in [1.29, 1.82) is 0 Å². The SMILES string of the molecule is CCc1cc(CC(O)C2CC2(C)C)n(CC)n1. The predicted molar refractivity (Wildman–Crippen MR) is 68.9 cm³/mol. The summed E-state index contributed by atoms with van der Waals surface area (Å²) < 4.78 is 2.03. The molecule has 3 heteroatoms. The van der Waals surface area contributed by atoms with Gasteiger partial charge in [-0.2, -0.15) is 5.10 Å². The van der Waals surface area contributed by atoms with Crippen LogP contribution in [0.2, 0.25) is 0 Å². The average Bonchev–Trinajstić information content (AvgIpc) is 2.74. The molecule has 0 spiro atoms. The number of aryl methyl sites for hydroxylation is 2. The molecule has 1 aliphatic carbocycles. The molecule has 1 heterocycles. The Morgan fingerprint density at radius 2 is 2.18 bits per heavy atom. The molecule has 1 fully saturated rings. The first-order valence-corrected chi connectivity index (χ1v) is 6.71. The first kappa shape index (κ1) is 12.6. The standard InChI is InChI=1S/C14H24N2O/c1-5-10-7-11(16(6-2)15-10)8-13(17)12-9-14(12,3)4/h7,12-13,17H,5-6,8-9H2,1-4H3. The molecule has 0 saturated heterocycles.